The van der Waals surface area contributed by atoms with Crippen LogP contribution in [0.3, 0.4) is 0 Å². The molecule has 1 aliphatic heterocycles. The molecule has 5 nitrogen and oxygen atoms in total. The fourth-order valence-electron chi connectivity index (χ4n) is 4.79. The van der Waals surface area contributed by atoms with Crippen molar-refractivity contribution < 1.29 is 26.4 Å². The number of sulfonamides is 1. The smallest absolute Gasteiger partial charge is 0.339 e. The van der Waals surface area contributed by atoms with Gasteiger partial charge in [0.1, 0.15) is 0 Å². The number of benzene rings is 2. The highest BCUT2D eigenvalue weighted by atomic mass is 32.2. The van der Waals surface area contributed by atoms with E-state index in [-0.39, 0.29) is 28.7 Å². The molecule has 1 aliphatic carbocycles. The first kappa shape index (κ1) is 22.4. The van der Waals surface area contributed by atoms with Gasteiger partial charge in [0.05, 0.1) is 11.8 Å². The van der Waals surface area contributed by atoms with E-state index in [0.717, 1.165) is 17.9 Å². The standard InChI is InChI=1S/C23H23F3N2O3S/c1-22(16-7-5-8-17(12-16)27-32(2,30)31)19-13-28(14-20(19)22)21(29)11-10-15-6-3-4-9-18(15)23(24,25)26/h3-12,19-20,27H,13-14H2,1-2H3/b11-10+. The van der Waals surface area contributed by atoms with Gasteiger partial charge in [0.2, 0.25) is 15.9 Å². The minimum Gasteiger partial charge on any atom is -0.339 e. The number of fused-ring (bicyclic) bond motifs is 1. The van der Waals surface area contributed by atoms with Gasteiger partial charge in [0, 0.05) is 30.3 Å². The fourth-order valence-corrected chi connectivity index (χ4v) is 5.34. The molecular formula is C23H23F3N2O3S. The zero-order chi connectivity index (χ0) is 23.3. The molecule has 1 saturated heterocycles. The van der Waals surface area contributed by atoms with E-state index in [9.17, 15) is 26.4 Å². The van der Waals surface area contributed by atoms with Crippen molar-refractivity contribution in [1.29, 1.82) is 0 Å². The maximum atomic E-state index is 13.1. The van der Waals surface area contributed by atoms with E-state index >= 15 is 0 Å². The first-order valence-electron chi connectivity index (χ1n) is 10.1. The molecule has 170 valence electrons. The minimum absolute atomic E-state index is 0.0438. The molecule has 2 atom stereocenters. The maximum absolute atomic E-state index is 13.1. The fraction of sp³-hybridized carbons (Fsp3) is 0.348. The van der Waals surface area contributed by atoms with Gasteiger partial charge in [-0.3, -0.25) is 9.52 Å². The van der Waals surface area contributed by atoms with E-state index in [1.165, 1.54) is 30.4 Å². The Labute approximate surface area is 185 Å². The lowest BCUT2D eigenvalue weighted by atomic mass is 9.92. The van der Waals surface area contributed by atoms with Gasteiger partial charge in [-0.2, -0.15) is 13.2 Å². The number of carbonyl (C=O) groups is 1. The van der Waals surface area contributed by atoms with Crippen LogP contribution >= 0.6 is 0 Å². The Morgan fingerprint density at radius 1 is 1.12 bits per heavy atom. The Kier molecular flexibility index (Phi) is 5.35. The molecule has 2 aromatic rings. The molecule has 0 aromatic heterocycles. The topological polar surface area (TPSA) is 66.5 Å². The Bertz CT molecular complexity index is 1180. The van der Waals surface area contributed by atoms with Crippen molar-refractivity contribution in [2.45, 2.75) is 18.5 Å². The predicted molar refractivity (Wildman–Crippen MR) is 116 cm³/mol. The average Bonchev–Trinajstić information content (AvgIpc) is 3.05. The second-order valence-corrected chi connectivity index (χ2v) is 10.4. The van der Waals surface area contributed by atoms with Gasteiger partial charge < -0.3 is 4.90 Å². The number of halogens is 3. The summed E-state index contributed by atoms with van der Waals surface area (Å²) in [5, 5.41) is 0. The average molecular weight is 465 g/mol. The number of nitrogens with zero attached hydrogens (tertiary/aromatic N) is 1. The molecule has 2 unspecified atom stereocenters. The van der Waals surface area contributed by atoms with Gasteiger partial charge in [0.25, 0.3) is 0 Å². The van der Waals surface area contributed by atoms with Gasteiger partial charge >= 0.3 is 6.18 Å². The zero-order valence-electron chi connectivity index (χ0n) is 17.6. The first-order chi connectivity index (χ1) is 14.9. The summed E-state index contributed by atoms with van der Waals surface area (Å²) in [6, 6.07) is 12.4. The highest BCUT2D eigenvalue weighted by Gasteiger charge is 2.66. The second-order valence-electron chi connectivity index (χ2n) is 8.61. The Hall–Kier alpha value is -2.81. The number of amides is 1. The number of anilines is 1. The molecule has 2 aromatic carbocycles. The summed E-state index contributed by atoms with van der Waals surface area (Å²) in [5.74, 6) is 0.121. The van der Waals surface area contributed by atoms with E-state index in [4.69, 9.17) is 0 Å². The summed E-state index contributed by atoms with van der Waals surface area (Å²) in [6.45, 7) is 3.11. The largest absolute Gasteiger partial charge is 0.416 e. The van der Waals surface area contributed by atoms with Crippen LogP contribution in [0, 0.1) is 11.8 Å². The van der Waals surface area contributed by atoms with Crippen LogP contribution in [-0.2, 0) is 26.4 Å². The molecule has 1 N–H and O–H groups in total. The number of hydrogen-bond acceptors (Lipinski definition) is 3. The van der Waals surface area contributed by atoms with Crippen LogP contribution < -0.4 is 4.72 Å². The highest BCUT2D eigenvalue weighted by molar-refractivity contribution is 7.92. The van der Waals surface area contributed by atoms with Crippen LogP contribution in [0.4, 0.5) is 18.9 Å². The third-order valence-corrected chi connectivity index (χ3v) is 7.13. The zero-order valence-corrected chi connectivity index (χ0v) is 18.4. The number of nitrogens with one attached hydrogen (secondary N) is 1. The van der Waals surface area contributed by atoms with Crippen molar-refractivity contribution in [3.63, 3.8) is 0 Å². The van der Waals surface area contributed by atoms with Crippen molar-refractivity contribution in [3.05, 3.63) is 71.3 Å². The summed E-state index contributed by atoms with van der Waals surface area (Å²) in [6.07, 6.45) is -0.975. The predicted octanol–water partition coefficient (Wildman–Crippen LogP) is 4.14. The van der Waals surface area contributed by atoms with E-state index < -0.39 is 21.8 Å². The lowest BCUT2D eigenvalue weighted by Crippen LogP contribution is -2.33. The molecule has 0 bridgehead atoms. The SMILES string of the molecule is CC1(c2cccc(NS(C)(=O)=O)c2)C2CN(C(=O)/C=C/c3ccccc3C(F)(F)F)CC21. The van der Waals surface area contributed by atoms with Crippen LogP contribution in [0.1, 0.15) is 23.6 Å². The van der Waals surface area contributed by atoms with E-state index in [1.807, 2.05) is 12.1 Å². The van der Waals surface area contributed by atoms with Crippen molar-refractivity contribution in [1.82, 2.24) is 4.90 Å². The molecule has 2 fully saturated rings. The number of piperidine rings is 1. The van der Waals surface area contributed by atoms with Crippen LogP contribution in [0.25, 0.3) is 6.08 Å². The highest BCUT2D eigenvalue weighted by Crippen LogP contribution is 2.63. The Morgan fingerprint density at radius 3 is 2.41 bits per heavy atom. The summed E-state index contributed by atoms with van der Waals surface area (Å²) in [4.78, 5) is 14.2. The molecule has 9 heteroatoms. The van der Waals surface area contributed by atoms with E-state index in [1.54, 1.807) is 17.0 Å². The Balaban J connectivity index is 1.43. The molecule has 4 rings (SSSR count). The maximum Gasteiger partial charge on any atom is 0.416 e. The van der Waals surface area contributed by atoms with Gasteiger partial charge in [0.15, 0.2) is 0 Å². The molecule has 32 heavy (non-hydrogen) atoms. The second kappa shape index (κ2) is 7.65. The lowest BCUT2D eigenvalue weighted by molar-refractivity contribution is -0.137. The number of hydrogen-bond donors (Lipinski definition) is 1. The summed E-state index contributed by atoms with van der Waals surface area (Å²) in [5.41, 5.74) is 0.512. The summed E-state index contributed by atoms with van der Waals surface area (Å²) >= 11 is 0. The molecule has 1 amide bonds. The normalized spacial score (nSPS) is 25.1. The van der Waals surface area contributed by atoms with Gasteiger partial charge in [-0.1, -0.05) is 37.3 Å². The van der Waals surface area contributed by atoms with Crippen LogP contribution in [0.5, 0.6) is 0 Å². The number of alkyl halides is 3. The van der Waals surface area contributed by atoms with Gasteiger partial charge in [-0.15, -0.1) is 0 Å². The lowest BCUT2D eigenvalue weighted by Gasteiger charge is -2.24. The summed E-state index contributed by atoms with van der Waals surface area (Å²) < 4.78 is 64.9. The first-order valence-corrected chi connectivity index (χ1v) is 12.0. The number of likely N-dealkylation sites (tertiary alicyclic amines) is 1. The van der Waals surface area contributed by atoms with Gasteiger partial charge in [-0.25, -0.2) is 8.42 Å². The van der Waals surface area contributed by atoms with Crippen LogP contribution in [0.15, 0.2) is 54.6 Å². The quantitative estimate of drug-likeness (QED) is 0.677. The van der Waals surface area contributed by atoms with Crippen molar-refractivity contribution >= 4 is 27.7 Å². The number of carbonyl (C=O) groups excluding carboxylic acids is 1. The summed E-state index contributed by atoms with van der Waals surface area (Å²) in [7, 11) is -3.38. The van der Waals surface area contributed by atoms with Crippen molar-refractivity contribution in [3.8, 4) is 0 Å². The van der Waals surface area contributed by atoms with E-state index in [2.05, 4.69) is 11.6 Å². The van der Waals surface area contributed by atoms with Crippen molar-refractivity contribution in [2.24, 2.45) is 11.8 Å². The molecule has 1 heterocycles. The molecule has 0 spiro atoms. The van der Waals surface area contributed by atoms with Gasteiger partial charge in [-0.05, 0) is 47.2 Å². The number of rotatable bonds is 5. The van der Waals surface area contributed by atoms with E-state index in [0.29, 0.717) is 18.8 Å². The third-order valence-electron chi connectivity index (χ3n) is 6.52. The third kappa shape index (κ3) is 4.26. The Morgan fingerprint density at radius 2 is 1.78 bits per heavy atom. The van der Waals surface area contributed by atoms with Crippen LogP contribution in [0.2, 0.25) is 0 Å². The molecule has 0 radical (unpaired) electrons. The molecule has 2 aliphatic rings. The van der Waals surface area contributed by atoms with Crippen molar-refractivity contribution in [2.75, 3.05) is 24.1 Å². The minimum atomic E-state index is -4.48. The van der Waals surface area contributed by atoms with Crippen LogP contribution in [-0.4, -0.2) is 38.6 Å². The molecule has 1 saturated carbocycles. The monoisotopic (exact) mass is 464 g/mol. The molecular weight excluding hydrogens is 441 g/mol.